The summed E-state index contributed by atoms with van der Waals surface area (Å²) in [5.41, 5.74) is 1.40. The van der Waals surface area contributed by atoms with Crippen LogP contribution in [0, 0.1) is 0 Å². The third-order valence-electron chi connectivity index (χ3n) is 3.63. The summed E-state index contributed by atoms with van der Waals surface area (Å²) >= 11 is 0. The molecule has 1 aromatic carbocycles. The number of rotatable bonds is 6. The van der Waals surface area contributed by atoms with E-state index in [4.69, 9.17) is 5.11 Å². The third-order valence-corrected chi connectivity index (χ3v) is 3.63. The van der Waals surface area contributed by atoms with E-state index in [1.54, 1.807) is 0 Å². The molecule has 0 radical (unpaired) electrons. The molecular formula is C15H21NO2. The van der Waals surface area contributed by atoms with E-state index in [0.29, 0.717) is 12.5 Å². The SMILES string of the molecule is O=C(O)CCCCN1CCCC1c1ccccc1. The maximum atomic E-state index is 10.5. The van der Waals surface area contributed by atoms with Crippen LogP contribution in [0.5, 0.6) is 0 Å². The number of unbranched alkanes of at least 4 members (excludes halogenated alkanes) is 1. The fraction of sp³-hybridized carbons (Fsp3) is 0.533. The lowest BCUT2D eigenvalue weighted by Crippen LogP contribution is -2.24. The second-order valence-corrected chi connectivity index (χ2v) is 4.96. The number of hydrogen-bond donors (Lipinski definition) is 1. The van der Waals surface area contributed by atoms with E-state index < -0.39 is 5.97 Å². The van der Waals surface area contributed by atoms with Gasteiger partial charge in [0, 0.05) is 12.5 Å². The summed E-state index contributed by atoms with van der Waals surface area (Å²) in [6.07, 6.45) is 4.54. The molecule has 0 aromatic heterocycles. The molecule has 2 rings (SSSR count). The fourth-order valence-corrected chi connectivity index (χ4v) is 2.74. The second kappa shape index (κ2) is 6.55. The maximum Gasteiger partial charge on any atom is 0.303 e. The van der Waals surface area contributed by atoms with Crippen LogP contribution in [-0.4, -0.2) is 29.1 Å². The van der Waals surface area contributed by atoms with E-state index in [1.165, 1.54) is 18.4 Å². The van der Waals surface area contributed by atoms with E-state index >= 15 is 0 Å². The van der Waals surface area contributed by atoms with Crippen molar-refractivity contribution >= 4 is 5.97 Å². The van der Waals surface area contributed by atoms with Gasteiger partial charge in [-0.1, -0.05) is 30.3 Å². The molecule has 1 aliphatic rings. The summed E-state index contributed by atoms with van der Waals surface area (Å²) in [7, 11) is 0. The smallest absolute Gasteiger partial charge is 0.303 e. The zero-order valence-corrected chi connectivity index (χ0v) is 10.7. The largest absolute Gasteiger partial charge is 0.481 e. The van der Waals surface area contributed by atoms with Crippen LogP contribution in [0.4, 0.5) is 0 Å². The van der Waals surface area contributed by atoms with E-state index in [2.05, 4.69) is 35.2 Å². The van der Waals surface area contributed by atoms with Gasteiger partial charge < -0.3 is 5.11 Å². The lowest BCUT2D eigenvalue weighted by molar-refractivity contribution is -0.137. The molecule has 0 aliphatic carbocycles. The Morgan fingerprint density at radius 2 is 2.06 bits per heavy atom. The third kappa shape index (κ3) is 3.57. The Morgan fingerprint density at radius 1 is 1.28 bits per heavy atom. The second-order valence-electron chi connectivity index (χ2n) is 4.96. The molecule has 1 unspecified atom stereocenters. The van der Waals surface area contributed by atoms with Gasteiger partial charge in [-0.25, -0.2) is 0 Å². The van der Waals surface area contributed by atoms with Gasteiger partial charge in [0.25, 0.3) is 0 Å². The Kier molecular flexibility index (Phi) is 4.76. The first-order valence-electron chi connectivity index (χ1n) is 6.78. The highest BCUT2D eigenvalue weighted by Gasteiger charge is 2.24. The predicted molar refractivity (Wildman–Crippen MR) is 71.5 cm³/mol. The van der Waals surface area contributed by atoms with Gasteiger partial charge in [0.05, 0.1) is 0 Å². The quantitative estimate of drug-likeness (QED) is 0.785. The molecule has 1 aromatic rings. The van der Waals surface area contributed by atoms with Crippen LogP contribution in [0.1, 0.15) is 43.7 Å². The first kappa shape index (κ1) is 13.1. The molecule has 0 spiro atoms. The number of nitrogens with zero attached hydrogens (tertiary/aromatic N) is 1. The number of carboxylic acids is 1. The van der Waals surface area contributed by atoms with Crippen molar-refractivity contribution in [3.05, 3.63) is 35.9 Å². The van der Waals surface area contributed by atoms with Crippen molar-refractivity contribution in [3.63, 3.8) is 0 Å². The van der Waals surface area contributed by atoms with Crippen molar-refractivity contribution in [2.45, 2.75) is 38.1 Å². The monoisotopic (exact) mass is 247 g/mol. The normalized spacial score (nSPS) is 20.1. The lowest BCUT2D eigenvalue weighted by Gasteiger charge is -2.24. The van der Waals surface area contributed by atoms with E-state index in [1.807, 2.05) is 0 Å². The molecule has 3 heteroatoms. The van der Waals surface area contributed by atoms with Gasteiger partial charge in [0.2, 0.25) is 0 Å². The fourth-order valence-electron chi connectivity index (χ4n) is 2.74. The van der Waals surface area contributed by atoms with Crippen molar-refractivity contribution in [2.24, 2.45) is 0 Å². The van der Waals surface area contributed by atoms with Crippen LogP contribution in [0.3, 0.4) is 0 Å². The molecular weight excluding hydrogens is 226 g/mol. The summed E-state index contributed by atoms with van der Waals surface area (Å²) in [6.45, 7) is 2.17. The van der Waals surface area contributed by atoms with Crippen molar-refractivity contribution in [2.75, 3.05) is 13.1 Å². The van der Waals surface area contributed by atoms with Crippen molar-refractivity contribution in [3.8, 4) is 0 Å². The Balaban J connectivity index is 1.83. The highest BCUT2D eigenvalue weighted by molar-refractivity contribution is 5.66. The van der Waals surface area contributed by atoms with E-state index in [9.17, 15) is 4.79 Å². The van der Waals surface area contributed by atoms with Gasteiger partial charge in [0.15, 0.2) is 0 Å². The van der Waals surface area contributed by atoms with Crippen LogP contribution >= 0.6 is 0 Å². The number of carbonyl (C=O) groups is 1. The first-order chi connectivity index (χ1) is 8.77. The zero-order valence-electron chi connectivity index (χ0n) is 10.7. The average Bonchev–Trinajstić information content (AvgIpc) is 2.84. The molecule has 1 heterocycles. The van der Waals surface area contributed by atoms with Crippen LogP contribution in [0.2, 0.25) is 0 Å². The minimum Gasteiger partial charge on any atom is -0.481 e. The van der Waals surface area contributed by atoms with Gasteiger partial charge in [-0.2, -0.15) is 0 Å². The molecule has 1 N–H and O–H groups in total. The lowest BCUT2D eigenvalue weighted by atomic mass is 10.0. The first-order valence-corrected chi connectivity index (χ1v) is 6.78. The molecule has 1 fully saturated rings. The number of carboxylic acid groups (broad SMARTS) is 1. The van der Waals surface area contributed by atoms with E-state index in [0.717, 1.165) is 25.9 Å². The van der Waals surface area contributed by atoms with Crippen LogP contribution in [-0.2, 0) is 4.79 Å². The van der Waals surface area contributed by atoms with E-state index in [-0.39, 0.29) is 0 Å². The van der Waals surface area contributed by atoms with Gasteiger partial charge in [-0.3, -0.25) is 9.69 Å². The Morgan fingerprint density at radius 3 is 2.78 bits per heavy atom. The molecule has 3 nitrogen and oxygen atoms in total. The highest BCUT2D eigenvalue weighted by atomic mass is 16.4. The number of hydrogen-bond acceptors (Lipinski definition) is 2. The standard InChI is InChI=1S/C15H21NO2/c17-15(18)10-4-5-11-16-12-6-9-14(16)13-7-2-1-3-8-13/h1-3,7-8,14H,4-6,9-12H2,(H,17,18). The minimum absolute atomic E-state index is 0.295. The molecule has 1 saturated heterocycles. The number of aliphatic carboxylic acids is 1. The topological polar surface area (TPSA) is 40.5 Å². The van der Waals surface area contributed by atoms with Crippen LogP contribution in [0.15, 0.2) is 30.3 Å². The summed E-state index contributed by atoms with van der Waals surface area (Å²) in [5, 5.41) is 8.62. The highest BCUT2D eigenvalue weighted by Crippen LogP contribution is 2.31. The summed E-state index contributed by atoms with van der Waals surface area (Å²) in [6, 6.07) is 11.2. The Hall–Kier alpha value is -1.35. The zero-order chi connectivity index (χ0) is 12.8. The Bertz CT molecular complexity index is 377. The van der Waals surface area contributed by atoms with Crippen LogP contribution < -0.4 is 0 Å². The van der Waals surface area contributed by atoms with Crippen LogP contribution in [0.25, 0.3) is 0 Å². The van der Waals surface area contributed by atoms with Crippen molar-refractivity contribution < 1.29 is 9.90 Å². The minimum atomic E-state index is -0.684. The predicted octanol–water partition coefficient (Wildman–Crippen LogP) is 3.08. The summed E-state index contributed by atoms with van der Waals surface area (Å²) in [4.78, 5) is 13.0. The molecule has 1 aliphatic heterocycles. The summed E-state index contributed by atoms with van der Waals surface area (Å²) in [5.74, 6) is -0.684. The Labute approximate surface area is 108 Å². The molecule has 1 atom stereocenters. The molecule has 0 saturated carbocycles. The van der Waals surface area contributed by atoms with Gasteiger partial charge in [-0.15, -0.1) is 0 Å². The molecule has 0 bridgehead atoms. The van der Waals surface area contributed by atoms with Crippen molar-refractivity contribution in [1.82, 2.24) is 4.90 Å². The molecule has 0 amide bonds. The molecule has 98 valence electrons. The van der Waals surface area contributed by atoms with Crippen molar-refractivity contribution in [1.29, 1.82) is 0 Å². The van der Waals surface area contributed by atoms with Gasteiger partial charge in [-0.05, 0) is 44.3 Å². The maximum absolute atomic E-state index is 10.5. The molecule has 18 heavy (non-hydrogen) atoms. The van der Waals surface area contributed by atoms with Gasteiger partial charge in [0.1, 0.15) is 0 Å². The average molecular weight is 247 g/mol. The number of likely N-dealkylation sites (tertiary alicyclic amines) is 1. The van der Waals surface area contributed by atoms with Gasteiger partial charge >= 0.3 is 5.97 Å². The summed E-state index contributed by atoms with van der Waals surface area (Å²) < 4.78 is 0. The number of benzene rings is 1.